The van der Waals surface area contributed by atoms with Crippen molar-refractivity contribution in [1.29, 1.82) is 0 Å². The molecule has 0 amide bonds. The van der Waals surface area contributed by atoms with Crippen LogP contribution in [0.5, 0.6) is 0 Å². The zero-order valence-electron chi connectivity index (χ0n) is 15.1. The normalized spacial score (nSPS) is 55.6. The summed E-state index contributed by atoms with van der Waals surface area (Å²) >= 11 is 0. The second-order valence-electron chi connectivity index (χ2n) is 9.58. The quantitative estimate of drug-likeness (QED) is 0.701. The summed E-state index contributed by atoms with van der Waals surface area (Å²) in [6, 6.07) is 0. The molecule has 0 aliphatic heterocycles. The molecule has 0 radical (unpaired) electrons. The minimum Gasteiger partial charge on any atom is -0.393 e. The van der Waals surface area contributed by atoms with E-state index in [-0.39, 0.29) is 23.0 Å². The van der Waals surface area contributed by atoms with Crippen molar-refractivity contribution in [2.45, 2.75) is 90.8 Å². The molecule has 0 bridgehead atoms. The fourth-order valence-corrected chi connectivity index (χ4v) is 7.35. The molecule has 130 valence electrons. The van der Waals surface area contributed by atoms with Gasteiger partial charge in [-0.15, -0.1) is 0 Å². The molecule has 0 aromatic carbocycles. The maximum absolute atomic E-state index is 10.5. The van der Waals surface area contributed by atoms with Gasteiger partial charge < -0.3 is 10.2 Å². The SMILES string of the molecule is CC[C@]12CC[C@@H]3C(=CC[C@]4(C)[C@@H](O)CC[C@@H]34)[C@@]1(C)CC[C@H](O)C2. The van der Waals surface area contributed by atoms with Gasteiger partial charge in [-0.1, -0.05) is 32.4 Å². The van der Waals surface area contributed by atoms with Crippen molar-refractivity contribution in [2.75, 3.05) is 0 Å². The van der Waals surface area contributed by atoms with Gasteiger partial charge in [0.25, 0.3) is 0 Å². The molecule has 3 fully saturated rings. The molecule has 2 heteroatoms. The molecular weight excluding hydrogens is 284 g/mol. The van der Waals surface area contributed by atoms with Gasteiger partial charge in [0.05, 0.1) is 12.2 Å². The zero-order valence-corrected chi connectivity index (χ0v) is 15.1. The third-order valence-electron chi connectivity index (χ3n) is 9.03. The summed E-state index contributed by atoms with van der Waals surface area (Å²) in [5.41, 5.74) is 2.41. The second kappa shape index (κ2) is 5.08. The van der Waals surface area contributed by atoms with Gasteiger partial charge in [-0.25, -0.2) is 0 Å². The third-order valence-corrected chi connectivity index (χ3v) is 9.03. The Morgan fingerprint density at radius 2 is 1.87 bits per heavy atom. The lowest BCUT2D eigenvalue weighted by atomic mass is 9.43. The first-order chi connectivity index (χ1) is 10.9. The highest BCUT2D eigenvalue weighted by Gasteiger charge is 2.61. The predicted octanol–water partition coefficient (Wildman–Crippen LogP) is 4.45. The Morgan fingerprint density at radius 3 is 2.61 bits per heavy atom. The number of aliphatic hydroxyl groups is 2. The van der Waals surface area contributed by atoms with Crippen LogP contribution < -0.4 is 0 Å². The largest absolute Gasteiger partial charge is 0.393 e. The number of fused-ring (bicyclic) bond motifs is 5. The lowest BCUT2D eigenvalue weighted by Gasteiger charge is -2.62. The average molecular weight is 319 g/mol. The van der Waals surface area contributed by atoms with Crippen LogP contribution in [0.4, 0.5) is 0 Å². The second-order valence-corrected chi connectivity index (χ2v) is 9.58. The average Bonchev–Trinajstić information content (AvgIpc) is 2.84. The van der Waals surface area contributed by atoms with Gasteiger partial charge in [0.1, 0.15) is 0 Å². The lowest BCUT2D eigenvalue weighted by Crippen LogP contribution is -2.54. The van der Waals surface area contributed by atoms with Crippen LogP contribution in [-0.2, 0) is 0 Å². The molecule has 0 saturated heterocycles. The van der Waals surface area contributed by atoms with E-state index in [0.29, 0.717) is 17.3 Å². The number of rotatable bonds is 1. The number of hydrogen-bond donors (Lipinski definition) is 2. The molecule has 2 N–H and O–H groups in total. The number of allylic oxidation sites excluding steroid dienone is 2. The molecule has 0 spiro atoms. The highest BCUT2D eigenvalue weighted by molar-refractivity contribution is 5.31. The maximum atomic E-state index is 10.5. The van der Waals surface area contributed by atoms with Gasteiger partial charge in [-0.05, 0) is 80.5 Å². The van der Waals surface area contributed by atoms with Crippen LogP contribution in [0.25, 0.3) is 0 Å². The summed E-state index contributed by atoms with van der Waals surface area (Å²) in [5.74, 6) is 1.36. The van der Waals surface area contributed by atoms with E-state index in [1.807, 2.05) is 0 Å². The zero-order chi connectivity index (χ0) is 16.5. The summed E-state index contributed by atoms with van der Waals surface area (Å²) in [4.78, 5) is 0. The Labute approximate surface area is 141 Å². The van der Waals surface area contributed by atoms with Gasteiger partial charge in [0.2, 0.25) is 0 Å². The molecule has 7 atom stereocenters. The Bertz CT molecular complexity index is 526. The molecular formula is C21H34O2. The minimum atomic E-state index is -0.107. The molecule has 4 aliphatic carbocycles. The Hall–Kier alpha value is -0.340. The molecule has 23 heavy (non-hydrogen) atoms. The highest BCUT2D eigenvalue weighted by atomic mass is 16.3. The summed E-state index contributed by atoms with van der Waals surface area (Å²) in [6.07, 6.45) is 12.4. The van der Waals surface area contributed by atoms with E-state index in [1.54, 1.807) is 5.57 Å². The molecule has 4 aliphatic rings. The third kappa shape index (κ3) is 1.94. The van der Waals surface area contributed by atoms with Crippen molar-refractivity contribution in [3.63, 3.8) is 0 Å². The molecule has 0 aromatic rings. The van der Waals surface area contributed by atoms with Crippen molar-refractivity contribution in [2.24, 2.45) is 28.1 Å². The van der Waals surface area contributed by atoms with E-state index >= 15 is 0 Å². The molecule has 0 heterocycles. The van der Waals surface area contributed by atoms with E-state index in [2.05, 4.69) is 26.8 Å². The Morgan fingerprint density at radius 1 is 1.09 bits per heavy atom. The summed E-state index contributed by atoms with van der Waals surface area (Å²) in [6.45, 7) is 7.18. The van der Waals surface area contributed by atoms with Crippen LogP contribution >= 0.6 is 0 Å². The smallest absolute Gasteiger partial charge is 0.0599 e. The van der Waals surface area contributed by atoms with E-state index in [4.69, 9.17) is 0 Å². The number of aliphatic hydroxyl groups excluding tert-OH is 2. The van der Waals surface area contributed by atoms with Crippen molar-refractivity contribution in [1.82, 2.24) is 0 Å². The van der Waals surface area contributed by atoms with Crippen LogP contribution in [0.1, 0.15) is 78.6 Å². The molecule has 4 rings (SSSR count). The predicted molar refractivity (Wildman–Crippen MR) is 93.0 cm³/mol. The van der Waals surface area contributed by atoms with E-state index in [0.717, 1.165) is 32.1 Å². The van der Waals surface area contributed by atoms with Gasteiger partial charge in [-0.3, -0.25) is 0 Å². The van der Waals surface area contributed by atoms with Crippen LogP contribution in [0.15, 0.2) is 11.6 Å². The van der Waals surface area contributed by atoms with Gasteiger partial charge in [-0.2, -0.15) is 0 Å². The molecule has 0 unspecified atom stereocenters. The summed E-state index contributed by atoms with van der Waals surface area (Å²) in [7, 11) is 0. The van der Waals surface area contributed by atoms with Crippen molar-refractivity contribution in [3.05, 3.63) is 11.6 Å². The van der Waals surface area contributed by atoms with Gasteiger partial charge in [0, 0.05) is 5.41 Å². The standard InChI is InChI=1S/C21H34O2/c1-4-21-12-8-15-16-5-6-18(23)19(16,2)10-9-17(15)20(21,3)11-7-14(22)13-21/h9,14-16,18,22-23H,4-8,10-13H2,1-3H3/t14-,15-,16-,18-,19-,20+,21+/m0/s1. The van der Waals surface area contributed by atoms with Crippen LogP contribution in [0.3, 0.4) is 0 Å². The monoisotopic (exact) mass is 318 g/mol. The molecule has 2 nitrogen and oxygen atoms in total. The van der Waals surface area contributed by atoms with Crippen molar-refractivity contribution in [3.8, 4) is 0 Å². The van der Waals surface area contributed by atoms with E-state index < -0.39 is 0 Å². The van der Waals surface area contributed by atoms with E-state index in [1.165, 1.54) is 25.7 Å². The summed E-state index contributed by atoms with van der Waals surface area (Å²) in [5, 5.41) is 20.9. The fourth-order valence-electron chi connectivity index (χ4n) is 7.35. The maximum Gasteiger partial charge on any atom is 0.0599 e. The van der Waals surface area contributed by atoms with Gasteiger partial charge >= 0.3 is 0 Å². The van der Waals surface area contributed by atoms with Crippen LogP contribution in [-0.4, -0.2) is 22.4 Å². The topological polar surface area (TPSA) is 40.5 Å². The van der Waals surface area contributed by atoms with E-state index in [9.17, 15) is 10.2 Å². The van der Waals surface area contributed by atoms with Crippen LogP contribution in [0.2, 0.25) is 0 Å². The van der Waals surface area contributed by atoms with Crippen molar-refractivity contribution >= 4 is 0 Å². The lowest BCUT2D eigenvalue weighted by molar-refractivity contribution is -0.0872. The first-order valence-electron chi connectivity index (χ1n) is 9.93. The first-order valence-corrected chi connectivity index (χ1v) is 9.93. The fraction of sp³-hybridized carbons (Fsp3) is 0.905. The highest BCUT2D eigenvalue weighted by Crippen LogP contribution is 2.69. The molecule has 0 aromatic heterocycles. The summed E-state index contributed by atoms with van der Waals surface area (Å²) < 4.78 is 0. The van der Waals surface area contributed by atoms with Gasteiger partial charge in [0.15, 0.2) is 0 Å². The minimum absolute atomic E-state index is 0.0951. The van der Waals surface area contributed by atoms with Crippen LogP contribution in [0, 0.1) is 28.1 Å². The van der Waals surface area contributed by atoms with Crippen molar-refractivity contribution < 1.29 is 10.2 Å². The first kappa shape index (κ1) is 16.1. The molecule has 3 saturated carbocycles. The Kier molecular flexibility index (Phi) is 3.57. The Balaban J connectivity index is 1.75. The number of hydrogen-bond acceptors (Lipinski definition) is 2.